The molecule has 0 aromatic carbocycles. The molecule has 3 heteroatoms. The van der Waals surface area contributed by atoms with Gasteiger partial charge in [-0.1, -0.05) is 34.6 Å². The Morgan fingerprint density at radius 3 is 2.38 bits per heavy atom. The van der Waals surface area contributed by atoms with Crippen molar-refractivity contribution in [3.05, 3.63) is 16.1 Å². The number of nitrogens with one attached hydrogen (secondary N) is 1. The molecular formula is C13H24N2S. The van der Waals surface area contributed by atoms with Crippen LogP contribution in [-0.2, 0) is 5.41 Å². The minimum atomic E-state index is 0.158. The fraction of sp³-hybridized carbons (Fsp3) is 0.769. The van der Waals surface area contributed by atoms with Crippen molar-refractivity contribution >= 4 is 11.3 Å². The lowest BCUT2D eigenvalue weighted by molar-refractivity contribution is 0.452. The Balaban J connectivity index is 2.83. The molecule has 0 amide bonds. The van der Waals surface area contributed by atoms with E-state index in [1.807, 2.05) is 7.05 Å². The lowest BCUT2D eigenvalue weighted by Gasteiger charge is -2.17. The van der Waals surface area contributed by atoms with Gasteiger partial charge >= 0.3 is 0 Å². The van der Waals surface area contributed by atoms with Gasteiger partial charge in [0.05, 0.1) is 11.7 Å². The van der Waals surface area contributed by atoms with E-state index in [-0.39, 0.29) is 5.41 Å². The molecule has 0 bridgehead atoms. The Morgan fingerprint density at radius 2 is 2.00 bits per heavy atom. The van der Waals surface area contributed by atoms with Crippen molar-refractivity contribution in [1.82, 2.24) is 10.3 Å². The number of hydrogen-bond donors (Lipinski definition) is 1. The summed E-state index contributed by atoms with van der Waals surface area (Å²) < 4.78 is 0. The number of nitrogens with zero attached hydrogens (tertiary/aromatic N) is 1. The van der Waals surface area contributed by atoms with Gasteiger partial charge in [-0.3, -0.25) is 0 Å². The first-order valence-corrected chi connectivity index (χ1v) is 6.85. The van der Waals surface area contributed by atoms with E-state index in [0.29, 0.717) is 12.0 Å². The number of rotatable bonds is 4. The summed E-state index contributed by atoms with van der Waals surface area (Å²) in [7, 11) is 2.02. The van der Waals surface area contributed by atoms with Crippen LogP contribution in [0, 0.1) is 5.92 Å². The van der Waals surface area contributed by atoms with Crippen molar-refractivity contribution in [2.45, 2.75) is 52.5 Å². The van der Waals surface area contributed by atoms with E-state index in [9.17, 15) is 0 Å². The van der Waals surface area contributed by atoms with Gasteiger partial charge in [0.1, 0.15) is 5.01 Å². The van der Waals surface area contributed by atoms with Crippen LogP contribution in [0.4, 0.5) is 0 Å². The Hall–Kier alpha value is -0.410. The third-order valence-corrected chi connectivity index (χ3v) is 3.60. The molecule has 16 heavy (non-hydrogen) atoms. The van der Waals surface area contributed by atoms with Crippen LogP contribution in [0.15, 0.2) is 5.38 Å². The fourth-order valence-electron chi connectivity index (χ4n) is 1.61. The molecule has 1 heterocycles. The lowest BCUT2D eigenvalue weighted by Crippen LogP contribution is -2.19. The highest BCUT2D eigenvalue weighted by molar-refractivity contribution is 7.09. The number of hydrogen-bond acceptors (Lipinski definition) is 3. The molecule has 0 fully saturated rings. The van der Waals surface area contributed by atoms with Crippen molar-refractivity contribution in [1.29, 1.82) is 0 Å². The van der Waals surface area contributed by atoms with Gasteiger partial charge in [-0.2, -0.15) is 0 Å². The van der Waals surface area contributed by atoms with Crippen LogP contribution in [0.1, 0.15) is 57.8 Å². The smallest absolute Gasteiger partial charge is 0.110 e. The highest BCUT2D eigenvalue weighted by atomic mass is 32.1. The second-order valence-corrected chi connectivity index (χ2v) is 6.68. The van der Waals surface area contributed by atoms with Crippen LogP contribution < -0.4 is 5.32 Å². The van der Waals surface area contributed by atoms with Crippen LogP contribution in [0.25, 0.3) is 0 Å². The van der Waals surface area contributed by atoms with Gasteiger partial charge in [0.25, 0.3) is 0 Å². The average Bonchev–Trinajstić information content (AvgIpc) is 2.61. The van der Waals surface area contributed by atoms with Crippen LogP contribution in [0.3, 0.4) is 0 Å². The van der Waals surface area contributed by atoms with Crippen LogP contribution in [0.2, 0.25) is 0 Å². The van der Waals surface area contributed by atoms with Crippen molar-refractivity contribution < 1.29 is 0 Å². The van der Waals surface area contributed by atoms with Gasteiger partial charge in [-0.05, 0) is 19.4 Å². The van der Waals surface area contributed by atoms with Crippen molar-refractivity contribution in [2.24, 2.45) is 5.92 Å². The molecular weight excluding hydrogens is 216 g/mol. The molecule has 1 N–H and O–H groups in total. The quantitative estimate of drug-likeness (QED) is 0.867. The highest BCUT2D eigenvalue weighted by Crippen LogP contribution is 2.29. The van der Waals surface area contributed by atoms with Crippen molar-refractivity contribution in [3.63, 3.8) is 0 Å². The molecule has 0 aliphatic rings. The maximum Gasteiger partial charge on any atom is 0.110 e. The monoisotopic (exact) mass is 240 g/mol. The van der Waals surface area contributed by atoms with Gasteiger partial charge in [-0.25, -0.2) is 4.98 Å². The maximum atomic E-state index is 4.76. The van der Waals surface area contributed by atoms with E-state index >= 15 is 0 Å². The molecule has 0 spiro atoms. The zero-order valence-corrected chi connectivity index (χ0v) is 12.1. The first-order chi connectivity index (χ1) is 7.34. The predicted molar refractivity (Wildman–Crippen MR) is 72.1 cm³/mol. The molecule has 1 aromatic rings. The Labute approximate surface area is 103 Å². The minimum Gasteiger partial charge on any atom is -0.311 e. The summed E-state index contributed by atoms with van der Waals surface area (Å²) in [6, 6.07) is 0.404. The van der Waals surface area contributed by atoms with Crippen LogP contribution in [0.5, 0.6) is 0 Å². The fourth-order valence-corrected chi connectivity index (χ4v) is 2.77. The standard InChI is InChI=1S/C13H24N2S/c1-9(2)7-10(14-6)12-15-11(8-16-12)13(3,4)5/h8-10,14H,7H2,1-6H3. The summed E-state index contributed by atoms with van der Waals surface area (Å²) in [5.41, 5.74) is 1.36. The molecule has 0 radical (unpaired) electrons. The number of aromatic nitrogens is 1. The summed E-state index contributed by atoms with van der Waals surface area (Å²) in [4.78, 5) is 4.76. The lowest BCUT2D eigenvalue weighted by atomic mass is 9.93. The Bertz CT molecular complexity index is 323. The third kappa shape index (κ3) is 3.56. The molecule has 1 atom stereocenters. The first-order valence-electron chi connectivity index (χ1n) is 5.97. The van der Waals surface area contributed by atoms with Gasteiger partial charge in [-0.15, -0.1) is 11.3 Å². The van der Waals surface area contributed by atoms with E-state index < -0.39 is 0 Å². The molecule has 0 saturated heterocycles. The highest BCUT2D eigenvalue weighted by Gasteiger charge is 2.20. The molecule has 1 rings (SSSR count). The second kappa shape index (κ2) is 5.28. The van der Waals surface area contributed by atoms with E-state index in [4.69, 9.17) is 4.98 Å². The molecule has 92 valence electrons. The third-order valence-electron chi connectivity index (χ3n) is 2.64. The molecule has 2 nitrogen and oxygen atoms in total. The molecule has 1 unspecified atom stereocenters. The first kappa shape index (κ1) is 13.7. The average molecular weight is 240 g/mol. The number of thiazole rings is 1. The van der Waals surface area contributed by atoms with Gasteiger partial charge in [0.15, 0.2) is 0 Å². The van der Waals surface area contributed by atoms with Gasteiger partial charge < -0.3 is 5.32 Å². The topological polar surface area (TPSA) is 24.9 Å². The molecule has 1 aromatic heterocycles. The summed E-state index contributed by atoms with van der Waals surface area (Å²) in [6.07, 6.45) is 1.15. The zero-order chi connectivity index (χ0) is 12.3. The SMILES string of the molecule is CNC(CC(C)C)c1nc(C(C)(C)C)cs1. The van der Waals surface area contributed by atoms with Crippen molar-refractivity contribution in [2.75, 3.05) is 7.05 Å². The van der Waals surface area contributed by atoms with Gasteiger partial charge in [0, 0.05) is 10.8 Å². The van der Waals surface area contributed by atoms with Gasteiger partial charge in [0.2, 0.25) is 0 Å². The normalized spacial score (nSPS) is 14.4. The van der Waals surface area contributed by atoms with E-state index in [1.54, 1.807) is 11.3 Å². The second-order valence-electron chi connectivity index (χ2n) is 5.79. The van der Waals surface area contributed by atoms with E-state index in [2.05, 4.69) is 45.3 Å². The molecule has 0 aliphatic carbocycles. The minimum absolute atomic E-state index is 0.158. The summed E-state index contributed by atoms with van der Waals surface area (Å²) in [5, 5.41) is 6.78. The molecule has 0 saturated carbocycles. The zero-order valence-electron chi connectivity index (χ0n) is 11.3. The Kier molecular flexibility index (Phi) is 4.51. The van der Waals surface area contributed by atoms with Crippen molar-refractivity contribution in [3.8, 4) is 0 Å². The summed E-state index contributed by atoms with van der Waals surface area (Å²) in [6.45, 7) is 11.1. The van der Waals surface area contributed by atoms with E-state index in [0.717, 1.165) is 6.42 Å². The summed E-state index contributed by atoms with van der Waals surface area (Å²) in [5.74, 6) is 0.694. The Morgan fingerprint density at radius 1 is 1.38 bits per heavy atom. The van der Waals surface area contributed by atoms with Crippen LogP contribution in [-0.4, -0.2) is 12.0 Å². The maximum absolute atomic E-state index is 4.76. The van der Waals surface area contributed by atoms with Crippen LogP contribution >= 0.6 is 11.3 Å². The predicted octanol–water partition coefficient (Wildman–Crippen LogP) is 3.75. The largest absolute Gasteiger partial charge is 0.311 e. The molecule has 0 aliphatic heterocycles. The van der Waals surface area contributed by atoms with E-state index in [1.165, 1.54) is 10.7 Å². The summed E-state index contributed by atoms with van der Waals surface area (Å²) >= 11 is 1.78.